The van der Waals surface area contributed by atoms with Crippen molar-refractivity contribution in [1.29, 1.82) is 0 Å². The van der Waals surface area contributed by atoms with Gasteiger partial charge in [-0.1, -0.05) is 19.1 Å². The van der Waals surface area contributed by atoms with Crippen LogP contribution in [0.15, 0.2) is 18.2 Å². The van der Waals surface area contributed by atoms with Crippen LogP contribution in [0.2, 0.25) is 0 Å². The van der Waals surface area contributed by atoms with E-state index in [1.54, 1.807) is 7.11 Å². The van der Waals surface area contributed by atoms with Gasteiger partial charge in [0, 0.05) is 6.04 Å². The average molecular weight is 251 g/mol. The summed E-state index contributed by atoms with van der Waals surface area (Å²) in [6, 6.07) is 5.95. The molecule has 4 heteroatoms. The number of carbonyl (C=O) groups is 1. The van der Waals surface area contributed by atoms with Gasteiger partial charge < -0.3 is 14.8 Å². The zero-order valence-corrected chi connectivity index (χ0v) is 11.4. The fraction of sp³-hybridized carbons (Fsp3) is 0.500. The molecule has 1 unspecified atom stereocenters. The topological polar surface area (TPSA) is 47.6 Å². The van der Waals surface area contributed by atoms with E-state index >= 15 is 0 Å². The molecule has 0 aromatic heterocycles. The largest absolute Gasteiger partial charge is 0.496 e. The van der Waals surface area contributed by atoms with Gasteiger partial charge in [0.2, 0.25) is 0 Å². The molecule has 1 aromatic carbocycles. The molecule has 0 saturated heterocycles. The van der Waals surface area contributed by atoms with Crippen LogP contribution in [0.25, 0.3) is 0 Å². The second-order valence-electron chi connectivity index (χ2n) is 4.05. The van der Waals surface area contributed by atoms with Crippen molar-refractivity contribution >= 4 is 5.97 Å². The number of hydrogen-bond donors (Lipinski definition) is 1. The van der Waals surface area contributed by atoms with E-state index in [4.69, 9.17) is 9.47 Å². The van der Waals surface area contributed by atoms with Gasteiger partial charge in [-0.15, -0.1) is 0 Å². The van der Waals surface area contributed by atoms with Crippen molar-refractivity contribution in [2.75, 3.05) is 21.3 Å². The smallest absolute Gasteiger partial charge is 0.307 e. The Morgan fingerprint density at radius 1 is 1.39 bits per heavy atom. The molecule has 0 aliphatic carbocycles. The Morgan fingerprint density at radius 2 is 2.11 bits per heavy atom. The van der Waals surface area contributed by atoms with E-state index in [0.717, 1.165) is 23.3 Å². The molecule has 0 saturated carbocycles. The molecule has 0 aliphatic rings. The van der Waals surface area contributed by atoms with Crippen LogP contribution in [-0.4, -0.2) is 27.2 Å². The first-order valence-electron chi connectivity index (χ1n) is 6.07. The molecule has 1 aromatic rings. The summed E-state index contributed by atoms with van der Waals surface area (Å²) in [5.74, 6) is 0.664. The molecule has 0 heterocycles. The minimum absolute atomic E-state index is 0.0337. The predicted octanol–water partition coefficient (Wildman–Crippen LogP) is 2.08. The third kappa shape index (κ3) is 3.47. The van der Waals surface area contributed by atoms with Gasteiger partial charge in [-0.3, -0.25) is 4.79 Å². The van der Waals surface area contributed by atoms with Crippen molar-refractivity contribution in [1.82, 2.24) is 5.32 Å². The van der Waals surface area contributed by atoms with Crippen LogP contribution < -0.4 is 10.1 Å². The normalized spacial score (nSPS) is 12.0. The maximum Gasteiger partial charge on any atom is 0.307 e. The molecule has 0 spiro atoms. The van der Waals surface area contributed by atoms with E-state index in [0.29, 0.717) is 6.42 Å². The standard InChI is InChI=1S/C14H21NO3/c1-5-10-8-11(6-7-13(10)17-3)12(15-2)9-14(16)18-4/h6-8,12,15H,5,9H2,1-4H3. The molecule has 0 fully saturated rings. The number of esters is 1. The summed E-state index contributed by atoms with van der Waals surface area (Å²) in [7, 11) is 4.90. The lowest BCUT2D eigenvalue weighted by atomic mass is 10.00. The van der Waals surface area contributed by atoms with Crippen LogP contribution in [0.3, 0.4) is 0 Å². The van der Waals surface area contributed by atoms with Crippen LogP contribution in [-0.2, 0) is 16.0 Å². The van der Waals surface area contributed by atoms with Crippen LogP contribution in [0.1, 0.15) is 30.5 Å². The maximum atomic E-state index is 11.3. The number of ether oxygens (including phenoxy) is 2. The van der Waals surface area contributed by atoms with Gasteiger partial charge in [0.15, 0.2) is 0 Å². The molecule has 0 radical (unpaired) electrons. The van der Waals surface area contributed by atoms with Gasteiger partial charge in [-0.05, 0) is 30.7 Å². The average Bonchev–Trinajstić information content (AvgIpc) is 2.43. The highest BCUT2D eigenvalue weighted by molar-refractivity contribution is 5.70. The monoisotopic (exact) mass is 251 g/mol. The van der Waals surface area contributed by atoms with Crippen LogP contribution in [0, 0.1) is 0 Å². The minimum Gasteiger partial charge on any atom is -0.496 e. The summed E-state index contributed by atoms with van der Waals surface area (Å²) in [6.07, 6.45) is 1.22. The highest BCUT2D eigenvalue weighted by Crippen LogP contribution is 2.25. The number of hydrogen-bond acceptors (Lipinski definition) is 4. The first-order valence-corrected chi connectivity index (χ1v) is 6.07. The molecule has 100 valence electrons. The van der Waals surface area contributed by atoms with E-state index in [1.165, 1.54) is 7.11 Å². The molecule has 0 bridgehead atoms. The number of nitrogens with one attached hydrogen (secondary N) is 1. The van der Waals surface area contributed by atoms with Crippen molar-refractivity contribution in [2.45, 2.75) is 25.8 Å². The van der Waals surface area contributed by atoms with E-state index in [9.17, 15) is 4.79 Å². The van der Waals surface area contributed by atoms with E-state index in [-0.39, 0.29) is 12.0 Å². The number of benzene rings is 1. The van der Waals surface area contributed by atoms with Gasteiger partial charge in [-0.25, -0.2) is 0 Å². The van der Waals surface area contributed by atoms with Gasteiger partial charge in [0.25, 0.3) is 0 Å². The lowest BCUT2D eigenvalue weighted by Gasteiger charge is -2.17. The SMILES string of the molecule is CCc1cc(C(CC(=O)OC)NC)ccc1OC. The minimum atomic E-state index is -0.219. The van der Waals surface area contributed by atoms with E-state index in [2.05, 4.69) is 18.3 Å². The van der Waals surface area contributed by atoms with Crippen LogP contribution in [0.4, 0.5) is 0 Å². The van der Waals surface area contributed by atoms with E-state index < -0.39 is 0 Å². The lowest BCUT2D eigenvalue weighted by Crippen LogP contribution is -2.20. The first kappa shape index (κ1) is 14.5. The second kappa shape index (κ2) is 7.01. The van der Waals surface area contributed by atoms with E-state index in [1.807, 2.05) is 19.2 Å². The van der Waals surface area contributed by atoms with Crippen molar-refractivity contribution in [3.8, 4) is 5.75 Å². The molecule has 1 atom stereocenters. The Kier molecular flexibility index (Phi) is 5.65. The van der Waals surface area contributed by atoms with Crippen molar-refractivity contribution in [3.63, 3.8) is 0 Å². The summed E-state index contributed by atoms with van der Waals surface area (Å²) in [5.41, 5.74) is 2.21. The molecule has 1 N–H and O–H groups in total. The molecular weight excluding hydrogens is 230 g/mol. The Hall–Kier alpha value is -1.55. The predicted molar refractivity (Wildman–Crippen MR) is 70.8 cm³/mol. The summed E-state index contributed by atoms with van der Waals surface area (Å²) in [6.45, 7) is 2.08. The second-order valence-corrected chi connectivity index (χ2v) is 4.05. The number of aryl methyl sites for hydroxylation is 1. The summed E-state index contributed by atoms with van der Waals surface area (Å²) >= 11 is 0. The van der Waals surface area contributed by atoms with Gasteiger partial charge in [0.1, 0.15) is 5.75 Å². The Balaban J connectivity index is 2.95. The Morgan fingerprint density at radius 3 is 2.61 bits per heavy atom. The molecule has 18 heavy (non-hydrogen) atoms. The molecule has 0 aliphatic heterocycles. The van der Waals surface area contributed by atoms with Gasteiger partial charge in [-0.2, -0.15) is 0 Å². The summed E-state index contributed by atoms with van der Waals surface area (Å²) in [4.78, 5) is 11.3. The number of carbonyl (C=O) groups excluding carboxylic acids is 1. The Bertz CT molecular complexity index is 404. The number of methoxy groups -OCH3 is 2. The zero-order valence-electron chi connectivity index (χ0n) is 11.4. The zero-order chi connectivity index (χ0) is 13.5. The molecule has 4 nitrogen and oxygen atoms in total. The lowest BCUT2D eigenvalue weighted by molar-refractivity contribution is -0.141. The van der Waals surface area contributed by atoms with Crippen molar-refractivity contribution in [2.24, 2.45) is 0 Å². The fourth-order valence-corrected chi connectivity index (χ4v) is 1.93. The molecular formula is C14H21NO3. The summed E-state index contributed by atoms with van der Waals surface area (Å²) < 4.78 is 10.00. The van der Waals surface area contributed by atoms with Crippen molar-refractivity contribution in [3.05, 3.63) is 29.3 Å². The molecule has 0 amide bonds. The van der Waals surface area contributed by atoms with Gasteiger partial charge in [0.05, 0.1) is 20.6 Å². The first-order chi connectivity index (χ1) is 8.65. The maximum absolute atomic E-state index is 11.3. The van der Waals surface area contributed by atoms with Gasteiger partial charge >= 0.3 is 5.97 Å². The molecule has 1 rings (SSSR count). The highest BCUT2D eigenvalue weighted by Gasteiger charge is 2.15. The Labute approximate surface area is 108 Å². The fourth-order valence-electron chi connectivity index (χ4n) is 1.93. The van der Waals surface area contributed by atoms with Crippen molar-refractivity contribution < 1.29 is 14.3 Å². The third-order valence-electron chi connectivity index (χ3n) is 3.03. The van der Waals surface area contributed by atoms with Crippen LogP contribution >= 0.6 is 0 Å². The highest BCUT2D eigenvalue weighted by atomic mass is 16.5. The quantitative estimate of drug-likeness (QED) is 0.786. The summed E-state index contributed by atoms with van der Waals surface area (Å²) in [5, 5.41) is 3.13. The third-order valence-corrected chi connectivity index (χ3v) is 3.03. The van der Waals surface area contributed by atoms with Crippen LogP contribution in [0.5, 0.6) is 5.75 Å². The number of rotatable bonds is 6.